The van der Waals surface area contributed by atoms with E-state index in [-0.39, 0.29) is 57.1 Å². The van der Waals surface area contributed by atoms with Gasteiger partial charge in [-0.05, 0) is 18.6 Å². The van der Waals surface area contributed by atoms with Crippen LogP contribution in [-0.4, -0.2) is 14.1 Å². The topological polar surface area (TPSA) is 9.23 Å². The first-order valence-electron chi connectivity index (χ1n) is 3.91. The van der Waals surface area contributed by atoms with Crippen molar-refractivity contribution in [1.82, 2.24) is 0 Å². The third-order valence-electron chi connectivity index (χ3n) is 1.97. The van der Waals surface area contributed by atoms with Crippen molar-refractivity contribution in [1.29, 1.82) is 0 Å². The predicted molar refractivity (Wildman–Crippen MR) is 46.4 cm³/mol. The van der Waals surface area contributed by atoms with Gasteiger partial charge in [0.15, 0.2) is 11.6 Å². The van der Waals surface area contributed by atoms with Gasteiger partial charge in [-0.25, -0.2) is 4.39 Å². The van der Waals surface area contributed by atoms with Crippen molar-refractivity contribution in [3.05, 3.63) is 23.5 Å². The summed E-state index contributed by atoms with van der Waals surface area (Å²) in [4.78, 5) is 0. The van der Waals surface area contributed by atoms with E-state index in [0.29, 0.717) is 0 Å². The van der Waals surface area contributed by atoms with Gasteiger partial charge in [-0.2, -0.15) is 0 Å². The summed E-state index contributed by atoms with van der Waals surface area (Å²) in [7, 11) is 1.20. The Morgan fingerprint density at radius 1 is 1.20 bits per heavy atom. The molecule has 1 nitrogen and oxygen atoms in total. The van der Waals surface area contributed by atoms with Gasteiger partial charge in [0, 0.05) is 0 Å². The molecular weight excluding hydrogens is 238 g/mol. The Bertz CT molecular complexity index is 353. The second-order valence-electron chi connectivity index (χ2n) is 2.87. The van der Waals surface area contributed by atoms with Crippen molar-refractivity contribution in [3.8, 4) is 5.75 Å². The maximum Gasteiger partial charge on any atom is 1.00 e. The quantitative estimate of drug-likeness (QED) is 0.490. The molecule has 0 atom stereocenters. The van der Waals surface area contributed by atoms with Crippen molar-refractivity contribution in [2.24, 2.45) is 0 Å². The van der Waals surface area contributed by atoms with Gasteiger partial charge < -0.3 is 17.7 Å². The number of ether oxygens (including phenoxy) is 1. The summed E-state index contributed by atoms with van der Waals surface area (Å²) in [5, 5.41) is 0. The van der Waals surface area contributed by atoms with Crippen LogP contribution in [0.5, 0.6) is 5.75 Å². The van der Waals surface area contributed by atoms with Gasteiger partial charge in [0.1, 0.15) is 0 Å². The van der Waals surface area contributed by atoms with Crippen LogP contribution < -0.4 is 61.6 Å². The number of halogens is 4. The molecule has 7 heteroatoms. The Kier molecular flexibility index (Phi) is 5.84. The second kappa shape index (κ2) is 5.68. The molecule has 0 heterocycles. The van der Waals surface area contributed by atoms with Crippen molar-refractivity contribution < 1.29 is 73.5 Å². The van der Waals surface area contributed by atoms with Crippen LogP contribution in [0.25, 0.3) is 0 Å². The number of rotatable bonds is 2. The molecule has 0 aliphatic carbocycles. The molecule has 0 saturated carbocycles. The van der Waals surface area contributed by atoms with Gasteiger partial charge in [0.2, 0.25) is 0 Å². The molecule has 0 aromatic heterocycles. The monoisotopic (exact) mass is 246 g/mol. The van der Waals surface area contributed by atoms with Crippen molar-refractivity contribution in [2.75, 3.05) is 7.11 Å². The summed E-state index contributed by atoms with van der Waals surface area (Å²) in [6.45, 7) is -4.08. The maximum atomic E-state index is 13.2. The maximum absolute atomic E-state index is 13.2. The number of hydrogen-bond acceptors (Lipinski definition) is 1. The van der Waals surface area contributed by atoms with E-state index < -0.39 is 23.8 Å². The van der Waals surface area contributed by atoms with E-state index in [1.165, 1.54) is 7.11 Å². The Hall–Kier alpha value is 0.441. The Morgan fingerprint density at radius 3 is 2.13 bits per heavy atom. The molecular formula is C8H8BF4KO. The molecule has 0 aliphatic rings. The van der Waals surface area contributed by atoms with E-state index in [1.54, 1.807) is 0 Å². The minimum Gasteiger partial charge on any atom is -0.494 e. The first-order valence-corrected chi connectivity index (χ1v) is 3.91. The minimum atomic E-state index is -5.17. The van der Waals surface area contributed by atoms with Gasteiger partial charge in [-0.15, -0.1) is 5.46 Å². The van der Waals surface area contributed by atoms with Crippen LogP contribution in [-0.2, 0) is 0 Å². The standard InChI is InChI=1S/C8H8BF4O.K/c1-5-6(9(11,12)13)3-4-7(14-2)8(5)10;/h3-4H,1-2H3;/q-1;+1. The summed E-state index contributed by atoms with van der Waals surface area (Å²) in [6, 6.07) is 1.81. The van der Waals surface area contributed by atoms with Crippen LogP contribution in [0, 0.1) is 12.7 Å². The van der Waals surface area contributed by atoms with Crippen LogP contribution >= 0.6 is 0 Å². The summed E-state index contributed by atoms with van der Waals surface area (Å²) in [5.41, 5.74) is -1.33. The fraction of sp³-hybridized carbons (Fsp3) is 0.250. The molecule has 0 spiro atoms. The Labute approximate surface area is 128 Å². The SMILES string of the molecule is COc1ccc([B-](F)(F)F)c(C)c1F.[K+]. The smallest absolute Gasteiger partial charge is 0.494 e. The molecule has 0 bridgehead atoms. The third kappa shape index (κ3) is 3.45. The van der Waals surface area contributed by atoms with Crippen LogP contribution in [0.1, 0.15) is 5.56 Å². The molecule has 0 aliphatic heterocycles. The number of hydrogen-bond donors (Lipinski definition) is 0. The fourth-order valence-electron chi connectivity index (χ4n) is 1.19. The molecule has 0 N–H and O–H groups in total. The largest absolute Gasteiger partial charge is 1.00 e. The molecule has 0 saturated heterocycles. The van der Waals surface area contributed by atoms with Crippen molar-refractivity contribution in [2.45, 2.75) is 6.92 Å². The van der Waals surface area contributed by atoms with Gasteiger partial charge in [0.25, 0.3) is 0 Å². The summed E-state index contributed by atoms with van der Waals surface area (Å²) in [6.07, 6.45) is 0. The molecule has 1 rings (SSSR count). The minimum absolute atomic E-state index is 0. The van der Waals surface area contributed by atoms with Crippen LogP contribution in [0.2, 0.25) is 0 Å². The molecule has 1 aromatic carbocycles. The number of methoxy groups -OCH3 is 1. The predicted octanol–water partition coefficient (Wildman–Crippen LogP) is -0.799. The zero-order valence-corrected chi connectivity index (χ0v) is 11.8. The van der Waals surface area contributed by atoms with E-state index in [2.05, 4.69) is 4.74 Å². The van der Waals surface area contributed by atoms with Crippen LogP contribution in [0.3, 0.4) is 0 Å². The Balaban J connectivity index is 0.00000196. The van der Waals surface area contributed by atoms with E-state index in [0.717, 1.165) is 19.1 Å². The third-order valence-corrected chi connectivity index (χ3v) is 1.97. The van der Waals surface area contributed by atoms with E-state index in [9.17, 15) is 17.3 Å². The van der Waals surface area contributed by atoms with E-state index in [1.807, 2.05) is 0 Å². The fourth-order valence-corrected chi connectivity index (χ4v) is 1.19. The first-order chi connectivity index (χ1) is 6.38. The molecule has 15 heavy (non-hydrogen) atoms. The van der Waals surface area contributed by atoms with Gasteiger partial charge in [0.05, 0.1) is 7.11 Å². The molecule has 1 aromatic rings. The summed E-state index contributed by atoms with van der Waals surface area (Å²) in [5.74, 6) is -1.13. The molecule has 0 unspecified atom stereocenters. The van der Waals surface area contributed by atoms with Crippen LogP contribution in [0.4, 0.5) is 17.3 Å². The average molecular weight is 246 g/mol. The number of benzene rings is 1. The average Bonchev–Trinajstić information content (AvgIpc) is 2.07. The zero-order chi connectivity index (χ0) is 10.9. The zero-order valence-electron chi connectivity index (χ0n) is 8.65. The molecule has 0 fully saturated rings. The summed E-state index contributed by atoms with van der Waals surface area (Å²) < 4.78 is 54.7. The Morgan fingerprint density at radius 2 is 1.73 bits per heavy atom. The van der Waals surface area contributed by atoms with Crippen molar-refractivity contribution in [3.63, 3.8) is 0 Å². The summed E-state index contributed by atoms with van der Waals surface area (Å²) >= 11 is 0. The van der Waals surface area contributed by atoms with E-state index >= 15 is 0 Å². The first kappa shape index (κ1) is 15.4. The molecule has 0 amide bonds. The van der Waals surface area contributed by atoms with Crippen LogP contribution in [0.15, 0.2) is 12.1 Å². The van der Waals surface area contributed by atoms with Crippen molar-refractivity contribution >= 4 is 12.4 Å². The van der Waals surface area contributed by atoms with Gasteiger partial charge in [-0.1, -0.05) is 6.07 Å². The van der Waals surface area contributed by atoms with E-state index in [4.69, 9.17) is 0 Å². The normalized spacial score (nSPS) is 10.8. The van der Waals surface area contributed by atoms with Gasteiger partial charge in [-0.3, -0.25) is 0 Å². The van der Waals surface area contributed by atoms with Gasteiger partial charge >= 0.3 is 58.4 Å². The molecule has 78 valence electrons. The second-order valence-corrected chi connectivity index (χ2v) is 2.87. The molecule has 0 radical (unpaired) electrons.